The number of carbonyl (C=O) groups excluding carboxylic acids is 1. The second kappa shape index (κ2) is 7.80. The molecule has 0 aliphatic carbocycles. The number of para-hydroxylation sites is 1. The Morgan fingerprint density at radius 2 is 1.67 bits per heavy atom. The summed E-state index contributed by atoms with van der Waals surface area (Å²) >= 11 is 6.13. The summed E-state index contributed by atoms with van der Waals surface area (Å²) in [5, 5.41) is 1.79. The quantitative estimate of drug-likeness (QED) is 0.640. The van der Waals surface area contributed by atoms with Gasteiger partial charge in [0.15, 0.2) is 0 Å². The first-order valence-electron chi connectivity index (χ1n) is 9.03. The molecule has 0 saturated carbocycles. The van der Waals surface area contributed by atoms with E-state index in [0.29, 0.717) is 18.1 Å². The van der Waals surface area contributed by atoms with Gasteiger partial charge < -0.3 is 9.80 Å². The number of fused-ring (bicyclic) bond motifs is 1. The number of halogens is 1. The van der Waals surface area contributed by atoms with Gasteiger partial charge in [-0.25, -0.2) is 4.98 Å². The first-order valence-corrected chi connectivity index (χ1v) is 9.41. The van der Waals surface area contributed by atoms with Gasteiger partial charge in [0.05, 0.1) is 5.52 Å². The second-order valence-corrected chi connectivity index (χ2v) is 6.94. The van der Waals surface area contributed by atoms with Gasteiger partial charge in [-0.2, -0.15) is 0 Å². The third-order valence-electron chi connectivity index (χ3n) is 4.81. The average Bonchev–Trinajstić information content (AvgIpc) is 2.73. The minimum absolute atomic E-state index is 0.0149. The van der Waals surface area contributed by atoms with Gasteiger partial charge in [0.2, 0.25) is 5.91 Å². The molecule has 3 aromatic rings. The minimum atomic E-state index is 0.0149. The molecule has 2 heterocycles. The highest BCUT2D eigenvalue weighted by atomic mass is 35.5. The van der Waals surface area contributed by atoms with Crippen LogP contribution in [0.5, 0.6) is 0 Å². The van der Waals surface area contributed by atoms with Crippen molar-refractivity contribution in [2.24, 2.45) is 0 Å². The molecule has 0 radical (unpaired) electrons. The van der Waals surface area contributed by atoms with Gasteiger partial charge >= 0.3 is 0 Å². The SMILES string of the molecule is O=C(/C=C/c1ccccc1Cl)N1CCN(c2ccc3ccccc3n2)CC1. The molecular formula is C22H20ClN3O. The third kappa shape index (κ3) is 3.96. The lowest BCUT2D eigenvalue weighted by atomic mass is 10.2. The number of carbonyl (C=O) groups is 1. The van der Waals surface area contributed by atoms with Gasteiger partial charge in [0.25, 0.3) is 0 Å². The summed E-state index contributed by atoms with van der Waals surface area (Å²) in [7, 11) is 0. The lowest BCUT2D eigenvalue weighted by Gasteiger charge is -2.35. The Morgan fingerprint density at radius 1 is 0.926 bits per heavy atom. The lowest BCUT2D eigenvalue weighted by Crippen LogP contribution is -2.48. The summed E-state index contributed by atoms with van der Waals surface area (Å²) in [6.07, 6.45) is 3.38. The molecule has 1 fully saturated rings. The van der Waals surface area contributed by atoms with Crippen LogP contribution in [0.25, 0.3) is 17.0 Å². The lowest BCUT2D eigenvalue weighted by molar-refractivity contribution is -0.126. The fourth-order valence-corrected chi connectivity index (χ4v) is 3.46. The molecule has 1 amide bonds. The van der Waals surface area contributed by atoms with E-state index in [1.165, 1.54) is 0 Å². The van der Waals surface area contributed by atoms with Gasteiger partial charge in [0.1, 0.15) is 5.82 Å². The van der Waals surface area contributed by atoms with Gasteiger partial charge in [-0.3, -0.25) is 4.79 Å². The Balaban J connectivity index is 1.39. The molecule has 1 aliphatic rings. The van der Waals surface area contributed by atoms with E-state index in [1.54, 1.807) is 12.2 Å². The van der Waals surface area contributed by atoms with Gasteiger partial charge in [-0.05, 0) is 35.9 Å². The Bertz CT molecular complexity index is 994. The number of nitrogens with zero attached hydrogens (tertiary/aromatic N) is 3. The number of rotatable bonds is 3. The molecule has 0 atom stereocenters. The molecule has 1 saturated heterocycles. The molecule has 0 N–H and O–H groups in total. The molecule has 0 bridgehead atoms. The van der Waals surface area contributed by atoms with Crippen LogP contribution in [0.15, 0.2) is 66.7 Å². The zero-order valence-corrected chi connectivity index (χ0v) is 15.6. The van der Waals surface area contributed by atoms with Crippen molar-refractivity contribution in [3.05, 3.63) is 77.3 Å². The molecule has 0 spiro atoms. The number of aromatic nitrogens is 1. The van der Waals surface area contributed by atoms with E-state index >= 15 is 0 Å². The Kier molecular flexibility index (Phi) is 5.07. The van der Waals surface area contributed by atoms with Crippen LogP contribution in [0.4, 0.5) is 5.82 Å². The van der Waals surface area contributed by atoms with Gasteiger partial charge in [0, 0.05) is 42.7 Å². The fraction of sp³-hybridized carbons (Fsp3) is 0.182. The first kappa shape index (κ1) is 17.6. The maximum Gasteiger partial charge on any atom is 0.246 e. The van der Waals surface area contributed by atoms with E-state index in [9.17, 15) is 4.79 Å². The summed E-state index contributed by atoms with van der Waals surface area (Å²) in [5.74, 6) is 0.980. The van der Waals surface area contributed by atoms with Crippen molar-refractivity contribution in [1.82, 2.24) is 9.88 Å². The molecule has 1 aliphatic heterocycles. The zero-order valence-electron chi connectivity index (χ0n) is 14.9. The van der Waals surface area contributed by atoms with Crippen LogP contribution < -0.4 is 4.90 Å². The van der Waals surface area contributed by atoms with Crippen LogP contribution in [0.1, 0.15) is 5.56 Å². The largest absolute Gasteiger partial charge is 0.353 e. The van der Waals surface area contributed by atoms with E-state index < -0.39 is 0 Å². The fourth-order valence-electron chi connectivity index (χ4n) is 3.26. The number of amides is 1. The van der Waals surface area contributed by atoms with Crippen molar-refractivity contribution >= 4 is 40.3 Å². The van der Waals surface area contributed by atoms with Crippen molar-refractivity contribution in [3.63, 3.8) is 0 Å². The summed E-state index contributed by atoms with van der Waals surface area (Å²) in [6, 6.07) is 19.8. The van der Waals surface area contributed by atoms with Crippen molar-refractivity contribution in [2.75, 3.05) is 31.1 Å². The third-order valence-corrected chi connectivity index (χ3v) is 5.15. The molecule has 4 nitrogen and oxygen atoms in total. The van der Waals surface area contributed by atoms with E-state index in [2.05, 4.69) is 23.1 Å². The number of piperazine rings is 1. The Labute approximate surface area is 163 Å². The van der Waals surface area contributed by atoms with Crippen molar-refractivity contribution in [1.29, 1.82) is 0 Å². The highest BCUT2D eigenvalue weighted by Crippen LogP contribution is 2.20. The second-order valence-electron chi connectivity index (χ2n) is 6.53. The van der Waals surface area contributed by atoms with E-state index in [0.717, 1.165) is 35.4 Å². The van der Waals surface area contributed by atoms with Gasteiger partial charge in [-0.1, -0.05) is 48.0 Å². The van der Waals surface area contributed by atoms with Crippen LogP contribution in [0, 0.1) is 0 Å². The number of anilines is 1. The molecule has 4 rings (SSSR count). The molecule has 5 heteroatoms. The topological polar surface area (TPSA) is 36.4 Å². The van der Waals surface area contributed by atoms with Crippen LogP contribution in [-0.4, -0.2) is 42.0 Å². The highest BCUT2D eigenvalue weighted by molar-refractivity contribution is 6.32. The van der Waals surface area contributed by atoms with Crippen LogP contribution in [-0.2, 0) is 4.79 Å². The van der Waals surface area contributed by atoms with Crippen LogP contribution >= 0.6 is 11.6 Å². The average molecular weight is 378 g/mol. The predicted octanol–water partition coefficient (Wildman–Crippen LogP) is 4.25. The van der Waals surface area contributed by atoms with E-state index in [-0.39, 0.29) is 5.91 Å². The van der Waals surface area contributed by atoms with E-state index in [4.69, 9.17) is 16.6 Å². The number of hydrogen-bond acceptors (Lipinski definition) is 3. The van der Waals surface area contributed by atoms with Gasteiger partial charge in [-0.15, -0.1) is 0 Å². The molecule has 27 heavy (non-hydrogen) atoms. The first-order chi connectivity index (χ1) is 13.2. The molecule has 136 valence electrons. The monoisotopic (exact) mass is 377 g/mol. The predicted molar refractivity (Wildman–Crippen MR) is 111 cm³/mol. The highest BCUT2D eigenvalue weighted by Gasteiger charge is 2.20. The number of pyridine rings is 1. The molecule has 0 unspecified atom stereocenters. The normalized spacial score (nSPS) is 14.9. The van der Waals surface area contributed by atoms with Crippen molar-refractivity contribution in [3.8, 4) is 0 Å². The van der Waals surface area contributed by atoms with Crippen molar-refractivity contribution in [2.45, 2.75) is 0 Å². The smallest absolute Gasteiger partial charge is 0.246 e. The summed E-state index contributed by atoms with van der Waals surface area (Å²) in [5.41, 5.74) is 1.85. The minimum Gasteiger partial charge on any atom is -0.353 e. The Hall–Kier alpha value is -2.85. The van der Waals surface area contributed by atoms with Crippen molar-refractivity contribution < 1.29 is 4.79 Å². The van der Waals surface area contributed by atoms with Crippen LogP contribution in [0.3, 0.4) is 0 Å². The summed E-state index contributed by atoms with van der Waals surface area (Å²) in [4.78, 5) is 21.3. The zero-order chi connectivity index (χ0) is 18.6. The maximum atomic E-state index is 12.5. The molecular weight excluding hydrogens is 358 g/mol. The molecule has 1 aromatic heterocycles. The maximum absolute atomic E-state index is 12.5. The number of benzene rings is 2. The van der Waals surface area contributed by atoms with Crippen LogP contribution in [0.2, 0.25) is 5.02 Å². The Morgan fingerprint density at radius 3 is 2.48 bits per heavy atom. The summed E-state index contributed by atoms with van der Waals surface area (Å²) in [6.45, 7) is 2.91. The van der Waals surface area contributed by atoms with E-state index in [1.807, 2.05) is 47.4 Å². The standard InChI is InChI=1S/C22H20ClN3O/c23-19-7-3-1-5-17(19)10-12-22(27)26-15-13-25(14-16-26)21-11-9-18-6-2-4-8-20(18)24-21/h1-12H,13-16H2/b12-10+. The number of hydrogen-bond donors (Lipinski definition) is 0. The molecule has 2 aromatic carbocycles. The summed E-state index contributed by atoms with van der Waals surface area (Å²) < 4.78 is 0.